The van der Waals surface area contributed by atoms with Crippen molar-refractivity contribution < 1.29 is 23.5 Å². The van der Waals surface area contributed by atoms with Crippen molar-refractivity contribution in [2.75, 3.05) is 26.8 Å². The maximum Gasteiger partial charge on any atom is 0.308 e. The van der Waals surface area contributed by atoms with E-state index in [2.05, 4.69) is 0 Å². The van der Waals surface area contributed by atoms with E-state index >= 15 is 0 Å². The topological polar surface area (TPSA) is 69.0 Å². The van der Waals surface area contributed by atoms with E-state index in [1.807, 2.05) is 50.2 Å². The number of fused-ring (bicyclic) bond motifs is 1. The third kappa shape index (κ3) is 4.97. The first kappa shape index (κ1) is 23.9. The van der Waals surface area contributed by atoms with Crippen LogP contribution in [0, 0.1) is 5.92 Å². The largest absolute Gasteiger partial charge is 0.493 e. The van der Waals surface area contributed by atoms with Gasteiger partial charge in [-0.15, -0.1) is 0 Å². The maximum absolute atomic E-state index is 13.0. The lowest BCUT2D eigenvalue weighted by Gasteiger charge is -2.30. The van der Waals surface area contributed by atoms with Gasteiger partial charge in [0.25, 0.3) is 0 Å². The minimum Gasteiger partial charge on any atom is -0.493 e. The Morgan fingerprint density at radius 3 is 2.53 bits per heavy atom. The zero-order valence-electron chi connectivity index (χ0n) is 19.6. The number of hydrogen-bond acceptors (Lipinski definition) is 5. The molecule has 1 fully saturated rings. The molecule has 0 aliphatic carbocycles. The van der Waals surface area contributed by atoms with Crippen LogP contribution in [0.4, 0.5) is 0 Å². The van der Waals surface area contributed by atoms with E-state index in [0.717, 1.165) is 27.6 Å². The van der Waals surface area contributed by atoms with Gasteiger partial charge in [-0.05, 0) is 56.0 Å². The van der Waals surface area contributed by atoms with Crippen LogP contribution in [0.2, 0.25) is 5.02 Å². The summed E-state index contributed by atoms with van der Waals surface area (Å²) in [5.41, 5.74) is 4.28. The molecule has 0 spiro atoms. The van der Waals surface area contributed by atoms with Crippen molar-refractivity contribution in [1.82, 2.24) is 4.90 Å². The summed E-state index contributed by atoms with van der Waals surface area (Å²) < 4.78 is 16.5. The van der Waals surface area contributed by atoms with Crippen molar-refractivity contribution in [2.45, 2.75) is 26.7 Å². The van der Waals surface area contributed by atoms with Gasteiger partial charge in [-0.3, -0.25) is 9.59 Å². The van der Waals surface area contributed by atoms with E-state index in [-0.39, 0.29) is 17.8 Å². The quantitative estimate of drug-likeness (QED) is 0.320. The number of ether oxygens (including phenoxy) is 2. The van der Waals surface area contributed by atoms with Crippen LogP contribution in [0.25, 0.3) is 27.7 Å². The van der Waals surface area contributed by atoms with Gasteiger partial charge >= 0.3 is 5.97 Å². The van der Waals surface area contributed by atoms with Crippen molar-refractivity contribution in [1.29, 1.82) is 0 Å². The van der Waals surface area contributed by atoms with Gasteiger partial charge in [-0.2, -0.15) is 0 Å². The fraction of sp³-hybridized carbons (Fsp3) is 0.333. The zero-order chi connectivity index (χ0) is 24.2. The van der Waals surface area contributed by atoms with Crippen molar-refractivity contribution >= 4 is 40.0 Å². The maximum atomic E-state index is 13.0. The summed E-state index contributed by atoms with van der Waals surface area (Å²) in [5.74, 6) is 0.245. The predicted octanol–water partition coefficient (Wildman–Crippen LogP) is 5.97. The highest BCUT2D eigenvalue weighted by Crippen LogP contribution is 2.38. The number of halogens is 1. The van der Waals surface area contributed by atoms with E-state index in [9.17, 15) is 9.59 Å². The Labute approximate surface area is 204 Å². The van der Waals surface area contributed by atoms with Gasteiger partial charge in [-0.25, -0.2) is 0 Å². The molecule has 0 N–H and O–H groups in total. The highest BCUT2D eigenvalue weighted by Gasteiger charge is 2.27. The molecule has 1 aromatic heterocycles. The van der Waals surface area contributed by atoms with Crippen LogP contribution in [-0.4, -0.2) is 43.6 Å². The summed E-state index contributed by atoms with van der Waals surface area (Å²) in [7, 11) is 1.40. The van der Waals surface area contributed by atoms with E-state index in [1.54, 1.807) is 17.2 Å². The standard InChI is InChI=1S/C27H28ClNO5/c1-4-33-24-15-25-22(23(16-34-25)18-5-7-20(28)8-6-18)14-21(24)17(2)13-26(30)29-11-9-19(10-12-29)27(31)32-3/h5-8,13-16,19H,4,9-12H2,1-3H3/b17-13+. The van der Waals surface area contributed by atoms with Crippen molar-refractivity contribution in [2.24, 2.45) is 5.92 Å². The Balaban J connectivity index is 1.63. The molecule has 0 unspecified atom stereocenters. The van der Waals surface area contributed by atoms with E-state index in [4.69, 9.17) is 25.5 Å². The third-order valence-electron chi connectivity index (χ3n) is 6.24. The van der Waals surface area contributed by atoms with Crippen LogP contribution in [0.3, 0.4) is 0 Å². The molecule has 2 heterocycles. The average molecular weight is 482 g/mol. The summed E-state index contributed by atoms with van der Waals surface area (Å²) in [5, 5.41) is 1.60. The number of nitrogens with zero attached hydrogens (tertiary/aromatic N) is 1. The Hall–Kier alpha value is -3.25. The summed E-state index contributed by atoms with van der Waals surface area (Å²) >= 11 is 6.05. The van der Waals surface area contributed by atoms with E-state index in [0.29, 0.717) is 48.9 Å². The lowest BCUT2D eigenvalue weighted by atomic mass is 9.96. The molecule has 7 heteroatoms. The number of carbonyl (C=O) groups excluding carboxylic acids is 2. The van der Waals surface area contributed by atoms with Crippen LogP contribution in [0.1, 0.15) is 32.3 Å². The number of furan rings is 1. The summed E-state index contributed by atoms with van der Waals surface area (Å²) in [6.45, 7) is 5.38. The molecule has 0 saturated carbocycles. The number of amides is 1. The Kier molecular flexibility index (Phi) is 7.27. The first-order chi connectivity index (χ1) is 16.4. The number of benzene rings is 2. The van der Waals surface area contributed by atoms with Gasteiger partial charge in [0.05, 0.1) is 25.9 Å². The highest BCUT2D eigenvalue weighted by atomic mass is 35.5. The normalized spacial score (nSPS) is 14.9. The Morgan fingerprint density at radius 2 is 1.88 bits per heavy atom. The minimum atomic E-state index is -0.204. The molecule has 0 bridgehead atoms. The van der Waals surface area contributed by atoms with Gasteiger partial charge in [0.2, 0.25) is 5.91 Å². The molecule has 0 atom stereocenters. The first-order valence-electron chi connectivity index (χ1n) is 11.4. The molecule has 0 radical (unpaired) electrons. The van der Waals surface area contributed by atoms with Gasteiger partial charge in [0.15, 0.2) is 0 Å². The van der Waals surface area contributed by atoms with Crippen LogP contribution >= 0.6 is 11.6 Å². The summed E-state index contributed by atoms with van der Waals surface area (Å²) in [6.07, 6.45) is 4.59. The number of methoxy groups -OCH3 is 1. The van der Waals surface area contributed by atoms with Gasteiger partial charge < -0.3 is 18.8 Å². The van der Waals surface area contributed by atoms with Crippen LogP contribution in [-0.2, 0) is 14.3 Å². The fourth-order valence-electron chi connectivity index (χ4n) is 4.35. The summed E-state index contributed by atoms with van der Waals surface area (Å²) in [6, 6.07) is 11.5. The molecule has 6 nitrogen and oxygen atoms in total. The lowest BCUT2D eigenvalue weighted by Crippen LogP contribution is -2.39. The molecule has 1 aliphatic heterocycles. The molecule has 1 saturated heterocycles. The minimum absolute atomic E-state index is 0.0755. The number of carbonyl (C=O) groups is 2. The highest BCUT2D eigenvalue weighted by molar-refractivity contribution is 6.30. The Bertz CT molecular complexity index is 1220. The van der Waals surface area contributed by atoms with Crippen molar-refractivity contribution in [3.05, 3.63) is 59.3 Å². The SMILES string of the molecule is CCOc1cc2occ(-c3ccc(Cl)cc3)c2cc1/C(C)=C/C(=O)N1CCC(C(=O)OC)CC1. The fourth-order valence-corrected chi connectivity index (χ4v) is 4.47. The van der Waals surface area contributed by atoms with Crippen LogP contribution in [0.5, 0.6) is 5.75 Å². The van der Waals surface area contributed by atoms with Crippen molar-refractivity contribution in [3.8, 4) is 16.9 Å². The van der Waals surface area contributed by atoms with Gasteiger partial charge in [-0.1, -0.05) is 23.7 Å². The molecular weight excluding hydrogens is 454 g/mol. The molecule has 4 rings (SSSR count). The van der Waals surface area contributed by atoms with Crippen LogP contribution < -0.4 is 4.74 Å². The predicted molar refractivity (Wildman–Crippen MR) is 133 cm³/mol. The second-order valence-corrected chi connectivity index (χ2v) is 8.82. The smallest absolute Gasteiger partial charge is 0.308 e. The number of allylic oxidation sites excluding steroid dienone is 1. The molecule has 178 valence electrons. The second kappa shape index (κ2) is 10.3. The average Bonchev–Trinajstić information content (AvgIpc) is 3.26. The lowest BCUT2D eigenvalue weighted by molar-refractivity contribution is -0.148. The van der Waals surface area contributed by atoms with Crippen molar-refractivity contribution in [3.63, 3.8) is 0 Å². The van der Waals surface area contributed by atoms with E-state index in [1.165, 1.54) is 7.11 Å². The second-order valence-electron chi connectivity index (χ2n) is 8.38. The number of rotatable bonds is 6. The van der Waals surface area contributed by atoms with Crippen LogP contribution in [0.15, 0.2) is 53.2 Å². The number of piperidine rings is 1. The Morgan fingerprint density at radius 1 is 1.18 bits per heavy atom. The number of likely N-dealkylation sites (tertiary alicyclic amines) is 1. The molecule has 1 amide bonds. The first-order valence-corrected chi connectivity index (χ1v) is 11.8. The zero-order valence-corrected chi connectivity index (χ0v) is 20.4. The molecule has 1 aliphatic rings. The van der Waals surface area contributed by atoms with Gasteiger partial charge in [0, 0.05) is 46.8 Å². The third-order valence-corrected chi connectivity index (χ3v) is 6.49. The van der Waals surface area contributed by atoms with E-state index < -0.39 is 0 Å². The van der Waals surface area contributed by atoms with Gasteiger partial charge in [0.1, 0.15) is 11.3 Å². The summed E-state index contributed by atoms with van der Waals surface area (Å²) in [4.78, 5) is 26.5. The molecule has 34 heavy (non-hydrogen) atoms. The number of esters is 1. The monoisotopic (exact) mass is 481 g/mol. The number of hydrogen-bond donors (Lipinski definition) is 0. The molecular formula is C27H28ClNO5. The molecule has 2 aromatic carbocycles. The molecule has 3 aromatic rings.